The van der Waals surface area contributed by atoms with Crippen molar-refractivity contribution in [2.45, 2.75) is 25.9 Å². The molecule has 0 saturated carbocycles. The van der Waals surface area contributed by atoms with Crippen LogP contribution in [0.15, 0.2) is 54.6 Å². The second-order valence-corrected chi connectivity index (χ2v) is 9.23. The molecule has 1 amide bonds. The molecule has 2 atom stereocenters. The highest BCUT2D eigenvalue weighted by molar-refractivity contribution is 7.91. The number of hydrogen-bond donors (Lipinski definition) is 1. The summed E-state index contributed by atoms with van der Waals surface area (Å²) in [7, 11) is -3.04. The summed E-state index contributed by atoms with van der Waals surface area (Å²) >= 11 is 0. The van der Waals surface area contributed by atoms with Crippen molar-refractivity contribution in [3.05, 3.63) is 54.6 Å². The molecule has 7 heteroatoms. The van der Waals surface area contributed by atoms with Crippen LogP contribution in [0, 0.1) is 5.92 Å². The van der Waals surface area contributed by atoms with Crippen molar-refractivity contribution in [1.29, 1.82) is 0 Å². The van der Waals surface area contributed by atoms with E-state index in [1.54, 1.807) is 6.07 Å². The molecule has 1 fully saturated rings. The molecule has 1 N–H and O–H groups in total. The molecule has 2 aromatic carbocycles. The Balaban J connectivity index is 1.60. The summed E-state index contributed by atoms with van der Waals surface area (Å²) in [6.45, 7) is 1.50. The number of sulfone groups is 1. The van der Waals surface area contributed by atoms with E-state index in [0.717, 1.165) is 11.1 Å². The van der Waals surface area contributed by atoms with Crippen LogP contribution in [-0.4, -0.2) is 37.9 Å². The lowest BCUT2D eigenvalue weighted by Gasteiger charge is -2.16. The van der Waals surface area contributed by atoms with E-state index in [1.165, 1.54) is 6.92 Å². The molecule has 3 rings (SSSR count). The lowest BCUT2D eigenvalue weighted by molar-refractivity contribution is -0.153. The Labute approximate surface area is 164 Å². The van der Waals surface area contributed by atoms with Crippen LogP contribution in [0.1, 0.15) is 19.8 Å². The summed E-state index contributed by atoms with van der Waals surface area (Å²) in [5, 5.41) is 2.81. The second-order valence-electron chi connectivity index (χ2n) is 7.01. The van der Waals surface area contributed by atoms with E-state index in [0.29, 0.717) is 12.1 Å². The second kappa shape index (κ2) is 8.56. The first-order chi connectivity index (χ1) is 13.3. The maximum Gasteiger partial charge on any atom is 0.306 e. The van der Waals surface area contributed by atoms with Gasteiger partial charge in [-0.15, -0.1) is 0 Å². The predicted octanol–water partition coefficient (Wildman–Crippen LogP) is 3.05. The molecule has 0 aromatic heterocycles. The van der Waals surface area contributed by atoms with Gasteiger partial charge in [0.05, 0.1) is 11.5 Å². The van der Waals surface area contributed by atoms with Crippen LogP contribution in [0.3, 0.4) is 0 Å². The molecule has 0 bridgehead atoms. The first kappa shape index (κ1) is 20.1. The molecule has 2 aromatic rings. The number of ether oxygens (including phenoxy) is 1. The monoisotopic (exact) mass is 401 g/mol. The quantitative estimate of drug-likeness (QED) is 0.752. The number of para-hydroxylation sites is 1. The van der Waals surface area contributed by atoms with E-state index in [1.807, 2.05) is 48.5 Å². The van der Waals surface area contributed by atoms with Crippen molar-refractivity contribution in [3.63, 3.8) is 0 Å². The molecule has 6 nitrogen and oxygen atoms in total. The third-order valence-corrected chi connectivity index (χ3v) is 6.57. The van der Waals surface area contributed by atoms with Gasteiger partial charge in [-0.05, 0) is 30.9 Å². The van der Waals surface area contributed by atoms with E-state index in [9.17, 15) is 18.0 Å². The van der Waals surface area contributed by atoms with Crippen LogP contribution in [0.25, 0.3) is 11.1 Å². The largest absolute Gasteiger partial charge is 0.453 e. The van der Waals surface area contributed by atoms with E-state index in [4.69, 9.17) is 4.74 Å². The smallest absolute Gasteiger partial charge is 0.306 e. The zero-order valence-electron chi connectivity index (χ0n) is 15.6. The number of carbonyl (C=O) groups is 2. The van der Waals surface area contributed by atoms with Gasteiger partial charge in [0.1, 0.15) is 0 Å². The fourth-order valence-electron chi connectivity index (χ4n) is 3.26. The molecular weight excluding hydrogens is 378 g/mol. The number of esters is 1. The molecule has 1 heterocycles. The predicted molar refractivity (Wildman–Crippen MR) is 107 cm³/mol. The van der Waals surface area contributed by atoms with Gasteiger partial charge in [0.15, 0.2) is 15.9 Å². The fourth-order valence-corrected chi connectivity index (χ4v) is 5.13. The maximum absolute atomic E-state index is 12.5. The molecule has 0 spiro atoms. The van der Waals surface area contributed by atoms with Crippen molar-refractivity contribution in [3.8, 4) is 11.1 Å². The number of amides is 1. The third kappa shape index (κ3) is 5.19. The van der Waals surface area contributed by atoms with E-state index in [2.05, 4.69) is 5.32 Å². The Kier molecular flexibility index (Phi) is 6.14. The van der Waals surface area contributed by atoms with Crippen LogP contribution >= 0.6 is 0 Å². The number of rotatable bonds is 6. The maximum atomic E-state index is 12.5. The Morgan fingerprint density at radius 3 is 2.46 bits per heavy atom. The topological polar surface area (TPSA) is 89.5 Å². The summed E-state index contributed by atoms with van der Waals surface area (Å²) in [6.07, 6.45) is -0.505. The first-order valence-electron chi connectivity index (χ1n) is 9.19. The minimum atomic E-state index is -3.04. The van der Waals surface area contributed by atoms with Gasteiger partial charge in [0.25, 0.3) is 5.91 Å². The normalized spacial score (nSPS) is 19.0. The van der Waals surface area contributed by atoms with Gasteiger partial charge in [-0.1, -0.05) is 48.5 Å². The number of anilines is 1. The van der Waals surface area contributed by atoms with Crippen molar-refractivity contribution in [1.82, 2.24) is 0 Å². The Bertz CT molecular complexity index is 956. The Morgan fingerprint density at radius 1 is 1.11 bits per heavy atom. The SMILES string of the molecule is C[C@@H](OC(=O)C[C@@H]1CCS(=O)(=O)C1)C(=O)Nc1ccccc1-c1ccccc1. The summed E-state index contributed by atoms with van der Waals surface area (Å²) < 4.78 is 28.2. The highest BCUT2D eigenvalue weighted by atomic mass is 32.2. The van der Waals surface area contributed by atoms with Crippen LogP contribution in [0.5, 0.6) is 0 Å². The number of hydrogen-bond acceptors (Lipinski definition) is 5. The van der Waals surface area contributed by atoms with Gasteiger partial charge in [-0.3, -0.25) is 9.59 Å². The van der Waals surface area contributed by atoms with Gasteiger partial charge in [-0.2, -0.15) is 0 Å². The minimum absolute atomic E-state index is 0.00707. The standard InChI is InChI=1S/C21H23NO5S/c1-15(27-20(23)13-16-11-12-28(25,26)14-16)21(24)22-19-10-6-5-9-18(19)17-7-3-2-4-8-17/h2-10,15-16H,11-14H2,1H3,(H,22,24)/t15-,16+/m1/s1. The Hall–Kier alpha value is -2.67. The zero-order chi connectivity index (χ0) is 20.1. The molecule has 0 aliphatic carbocycles. The molecule has 0 unspecified atom stereocenters. The highest BCUT2D eigenvalue weighted by Crippen LogP contribution is 2.28. The van der Waals surface area contributed by atoms with Crippen molar-refractivity contribution >= 4 is 27.4 Å². The van der Waals surface area contributed by atoms with Gasteiger partial charge < -0.3 is 10.1 Å². The summed E-state index contributed by atoms with van der Waals surface area (Å²) in [4.78, 5) is 24.6. The van der Waals surface area contributed by atoms with Crippen molar-refractivity contribution < 1.29 is 22.7 Å². The van der Waals surface area contributed by atoms with Crippen LogP contribution < -0.4 is 5.32 Å². The summed E-state index contributed by atoms with van der Waals surface area (Å²) in [6, 6.07) is 17.1. The van der Waals surface area contributed by atoms with Gasteiger partial charge in [0.2, 0.25) is 0 Å². The van der Waals surface area contributed by atoms with Gasteiger partial charge in [-0.25, -0.2) is 8.42 Å². The van der Waals surface area contributed by atoms with E-state index in [-0.39, 0.29) is 23.8 Å². The van der Waals surface area contributed by atoms with Gasteiger partial charge in [0, 0.05) is 17.7 Å². The average Bonchev–Trinajstić information content (AvgIpc) is 3.01. The minimum Gasteiger partial charge on any atom is -0.453 e. The summed E-state index contributed by atoms with van der Waals surface area (Å²) in [5.41, 5.74) is 2.46. The fraction of sp³-hybridized carbons (Fsp3) is 0.333. The van der Waals surface area contributed by atoms with Crippen LogP contribution in [-0.2, 0) is 24.2 Å². The number of benzene rings is 2. The van der Waals surface area contributed by atoms with Crippen LogP contribution in [0.4, 0.5) is 5.69 Å². The highest BCUT2D eigenvalue weighted by Gasteiger charge is 2.30. The lowest BCUT2D eigenvalue weighted by Crippen LogP contribution is -2.30. The number of nitrogens with one attached hydrogen (secondary N) is 1. The van der Waals surface area contributed by atoms with Gasteiger partial charge >= 0.3 is 5.97 Å². The van der Waals surface area contributed by atoms with Crippen molar-refractivity contribution in [2.24, 2.45) is 5.92 Å². The first-order valence-corrected chi connectivity index (χ1v) is 11.0. The zero-order valence-corrected chi connectivity index (χ0v) is 16.4. The lowest BCUT2D eigenvalue weighted by atomic mass is 10.0. The van der Waals surface area contributed by atoms with E-state index >= 15 is 0 Å². The average molecular weight is 401 g/mol. The Morgan fingerprint density at radius 2 is 1.79 bits per heavy atom. The molecule has 1 aliphatic rings. The summed E-state index contributed by atoms with van der Waals surface area (Å²) in [5.74, 6) is -1.10. The molecule has 1 aliphatic heterocycles. The number of carbonyl (C=O) groups excluding carboxylic acids is 2. The van der Waals surface area contributed by atoms with Crippen molar-refractivity contribution in [2.75, 3.05) is 16.8 Å². The molecule has 28 heavy (non-hydrogen) atoms. The van der Waals surface area contributed by atoms with E-state index < -0.39 is 27.8 Å². The third-order valence-electron chi connectivity index (χ3n) is 4.73. The molecule has 0 radical (unpaired) electrons. The molecule has 148 valence electrons. The molecule has 1 saturated heterocycles. The molecular formula is C21H23NO5S. The van der Waals surface area contributed by atoms with Crippen LogP contribution in [0.2, 0.25) is 0 Å².